The first-order valence-electron chi connectivity index (χ1n) is 11.6. The molecule has 1 aromatic heterocycles. The average Bonchev–Trinajstić information content (AvgIpc) is 2.81. The number of hydrogen-bond acceptors (Lipinski definition) is 7. The summed E-state index contributed by atoms with van der Waals surface area (Å²) in [6.07, 6.45) is 1.68. The standard InChI is InChI=1S/C25H31ClN6O2/c1-24(2)22(25(3,4)23(24)34-17-6-5-15(14-27)18(26)13-17)29-21(33)19-7-8-20(31-30-19)32-11-9-16(28)10-12-32/h5-8,13,16,22-23H,9-12,28H2,1-4H3,(H,29,33). The molecule has 1 amide bonds. The van der Waals surface area contributed by atoms with Crippen LogP contribution in [0.1, 0.15) is 56.6 Å². The summed E-state index contributed by atoms with van der Waals surface area (Å²) in [5, 5.41) is 21.0. The van der Waals surface area contributed by atoms with Crippen LogP contribution in [0.5, 0.6) is 5.75 Å². The predicted octanol–water partition coefficient (Wildman–Crippen LogP) is 3.54. The topological polar surface area (TPSA) is 117 Å². The van der Waals surface area contributed by atoms with Crippen molar-refractivity contribution in [2.75, 3.05) is 18.0 Å². The summed E-state index contributed by atoms with van der Waals surface area (Å²) in [6.45, 7) is 9.95. The first-order valence-corrected chi connectivity index (χ1v) is 11.9. The molecule has 0 spiro atoms. The maximum Gasteiger partial charge on any atom is 0.272 e. The minimum absolute atomic E-state index is 0.142. The number of aromatic nitrogens is 2. The number of carbonyl (C=O) groups excluding carboxylic acids is 1. The average molecular weight is 483 g/mol. The van der Waals surface area contributed by atoms with Gasteiger partial charge in [0.2, 0.25) is 0 Å². The van der Waals surface area contributed by atoms with Gasteiger partial charge < -0.3 is 20.7 Å². The Bertz CT molecular complexity index is 1090. The van der Waals surface area contributed by atoms with Crippen LogP contribution in [0.4, 0.5) is 5.82 Å². The van der Waals surface area contributed by atoms with Crippen molar-refractivity contribution in [3.63, 3.8) is 0 Å². The highest BCUT2D eigenvalue weighted by atomic mass is 35.5. The van der Waals surface area contributed by atoms with Gasteiger partial charge in [-0.25, -0.2) is 0 Å². The SMILES string of the molecule is CC1(C)C(NC(=O)c2ccc(N3CCC(N)CC3)nn2)C(C)(C)C1Oc1ccc(C#N)c(Cl)c1. The van der Waals surface area contributed by atoms with Crippen LogP contribution < -0.4 is 20.7 Å². The maximum atomic E-state index is 13.0. The zero-order chi connectivity index (χ0) is 24.7. The van der Waals surface area contributed by atoms with Gasteiger partial charge in [-0.2, -0.15) is 5.26 Å². The van der Waals surface area contributed by atoms with Crippen LogP contribution in [0.2, 0.25) is 5.02 Å². The van der Waals surface area contributed by atoms with E-state index < -0.39 is 0 Å². The Kier molecular flexibility index (Phi) is 6.45. The largest absolute Gasteiger partial charge is 0.489 e. The highest BCUT2D eigenvalue weighted by Gasteiger charge is 2.64. The van der Waals surface area contributed by atoms with Gasteiger partial charge in [-0.3, -0.25) is 4.79 Å². The fourth-order valence-electron chi connectivity index (χ4n) is 5.54. The van der Waals surface area contributed by atoms with Crippen molar-refractivity contribution in [2.24, 2.45) is 16.6 Å². The third-order valence-electron chi connectivity index (χ3n) is 7.18. The normalized spacial score (nSPS) is 23.5. The smallest absolute Gasteiger partial charge is 0.272 e. The number of nitrogens with two attached hydrogens (primary N) is 1. The maximum absolute atomic E-state index is 13.0. The Labute approximate surface area is 205 Å². The van der Waals surface area contributed by atoms with Crippen LogP contribution in [0.25, 0.3) is 0 Å². The molecule has 1 aromatic carbocycles. The number of nitrogens with one attached hydrogen (secondary N) is 1. The molecule has 1 saturated heterocycles. The van der Waals surface area contributed by atoms with E-state index in [2.05, 4.69) is 54.2 Å². The molecule has 4 rings (SSSR count). The van der Waals surface area contributed by atoms with Gasteiger partial charge in [-0.15, -0.1) is 10.2 Å². The highest BCUT2D eigenvalue weighted by molar-refractivity contribution is 6.31. The summed E-state index contributed by atoms with van der Waals surface area (Å²) in [4.78, 5) is 15.1. The van der Waals surface area contributed by atoms with Crippen LogP contribution in [0, 0.1) is 22.2 Å². The molecular formula is C25H31ClN6O2. The molecule has 2 aromatic rings. The lowest BCUT2D eigenvalue weighted by Crippen LogP contribution is -2.74. The first kappa shape index (κ1) is 24.2. The summed E-state index contributed by atoms with van der Waals surface area (Å²) < 4.78 is 6.28. The molecule has 1 aliphatic carbocycles. The highest BCUT2D eigenvalue weighted by Crippen LogP contribution is 2.55. The molecule has 2 aliphatic rings. The molecule has 0 unspecified atom stereocenters. The third-order valence-corrected chi connectivity index (χ3v) is 7.49. The summed E-state index contributed by atoms with van der Waals surface area (Å²) in [5.74, 6) is 1.10. The van der Waals surface area contributed by atoms with Crippen LogP contribution in [0.3, 0.4) is 0 Å². The number of nitriles is 1. The van der Waals surface area contributed by atoms with E-state index in [-0.39, 0.29) is 40.6 Å². The number of rotatable bonds is 5. The summed E-state index contributed by atoms with van der Waals surface area (Å²) in [5.41, 5.74) is 5.97. The Balaban J connectivity index is 1.42. The number of anilines is 1. The number of ether oxygens (including phenoxy) is 1. The molecule has 1 aliphatic heterocycles. The lowest BCUT2D eigenvalue weighted by atomic mass is 9.49. The van der Waals surface area contributed by atoms with Gasteiger partial charge in [0.15, 0.2) is 11.5 Å². The molecule has 9 heteroatoms. The Hall–Kier alpha value is -2.89. The van der Waals surface area contributed by atoms with Gasteiger partial charge in [-0.1, -0.05) is 39.3 Å². The molecule has 2 fully saturated rings. The van der Waals surface area contributed by atoms with Crippen molar-refractivity contribution in [2.45, 2.75) is 58.7 Å². The Morgan fingerprint density at radius 2 is 1.85 bits per heavy atom. The molecule has 1 saturated carbocycles. The van der Waals surface area contributed by atoms with Crippen molar-refractivity contribution in [1.82, 2.24) is 15.5 Å². The lowest BCUT2D eigenvalue weighted by Gasteiger charge is -2.63. The van der Waals surface area contributed by atoms with Gasteiger partial charge >= 0.3 is 0 Å². The van der Waals surface area contributed by atoms with Crippen LogP contribution in [0.15, 0.2) is 30.3 Å². The first-order chi connectivity index (χ1) is 16.0. The van der Waals surface area contributed by atoms with Gasteiger partial charge in [0.1, 0.15) is 17.9 Å². The van der Waals surface area contributed by atoms with Crippen LogP contribution >= 0.6 is 11.6 Å². The van der Waals surface area contributed by atoms with E-state index in [1.165, 1.54) is 0 Å². The second-order valence-electron chi connectivity index (χ2n) is 10.4. The molecule has 0 bridgehead atoms. The van der Waals surface area contributed by atoms with Crippen molar-refractivity contribution < 1.29 is 9.53 Å². The fraction of sp³-hybridized carbons (Fsp3) is 0.520. The predicted molar refractivity (Wildman–Crippen MR) is 131 cm³/mol. The molecule has 34 heavy (non-hydrogen) atoms. The monoisotopic (exact) mass is 482 g/mol. The van der Waals surface area contributed by atoms with E-state index in [0.717, 1.165) is 31.7 Å². The molecule has 180 valence electrons. The van der Waals surface area contributed by atoms with Crippen molar-refractivity contribution in [3.05, 3.63) is 46.6 Å². The van der Waals surface area contributed by atoms with E-state index in [1.54, 1.807) is 24.3 Å². The minimum Gasteiger partial charge on any atom is -0.489 e. The number of piperidine rings is 1. The van der Waals surface area contributed by atoms with Crippen LogP contribution in [-0.2, 0) is 0 Å². The molecule has 0 atom stereocenters. The summed E-state index contributed by atoms with van der Waals surface area (Å²) >= 11 is 6.17. The number of carbonyl (C=O) groups is 1. The quantitative estimate of drug-likeness (QED) is 0.669. The van der Waals surface area contributed by atoms with Gasteiger partial charge in [0, 0.05) is 42.1 Å². The molecule has 2 heterocycles. The number of nitrogens with zero attached hydrogens (tertiary/aromatic N) is 4. The van der Waals surface area contributed by atoms with E-state index >= 15 is 0 Å². The van der Waals surface area contributed by atoms with E-state index in [1.807, 2.05) is 6.07 Å². The third kappa shape index (κ3) is 4.42. The van der Waals surface area contributed by atoms with Crippen LogP contribution in [-0.4, -0.2) is 47.4 Å². The van der Waals surface area contributed by atoms with Crippen molar-refractivity contribution in [1.29, 1.82) is 5.26 Å². The summed E-state index contributed by atoms with van der Waals surface area (Å²) in [6, 6.07) is 10.8. The van der Waals surface area contributed by atoms with E-state index in [0.29, 0.717) is 16.3 Å². The van der Waals surface area contributed by atoms with Crippen molar-refractivity contribution >= 4 is 23.3 Å². The second-order valence-corrected chi connectivity index (χ2v) is 10.8. The van der Waals surface area contributed by atoms with Gasteiger partial charge in [0.25, 0.3) is 5.91 Å². The zero-order valence-corrected chi connectivity index (χ0v) is 20.8. The van der Waals surface area contributed by atoms with Crippen molar-refractivity contribution in [3.8, 4) is 11.8 Å². The number of amides is 1. The Morgan fingerprint density at radius 1 is 1.18 bits per heavy atom. The second kappa shape index (κ2) is 9.05. The van der Waals surface area contributed by atoms with E-state index in [9.17, 15) is 4.79 Å². The molecular weight excluding hydrogens is 452 g/mol. The zero-order valence-electron chi connectivity index (χ0n) is 20.0. The number of halogens is 1. The Morgan fingerprint density at radius 3 is 2.41 bits per heavy atom. The minimum atomic E-state index is -0.348. The number of benzene rings is 1. The fourth-order valence-corrected chi connectivity index (χ4v) is 5.76. The van der Waals surface area contributed by atoms with Gasteiger partial charge in [0.05, 0.1) is 10.6 Å². The van der Waals surface area contributed by atoms with E-state index in [4.69, 9.17) is 27.3 Å². The van der Waals surface area contributed by atoms with Gasteiger partial charge in [-0.05, 0) is 37.1 Å². The lowest BCUT2D eigenvalue weighted by molar-refractivity contribution is -0.164. The number of hydrogen-bond donors (Lipinski definition) is 2. The molecule has 3 N–H and O–H groups in total. The molecule has 0 radical (unpaired) electrons. The molecule has 8 nitrogen and oxygen atoms in total. The summed E-state index contributed by atoms with van der Waals surface area (Å²) in [7, 11) is 0.